The van der Waals surface area contributed by atoms with Crippen molar-refractivity contribution in [3.05, 3.63) is 58.9 Å². The Bertz CT molecular complexity index is 1040. The lowest BCUT2D eigenvalue weighted by Crippen LogP contribution is -2.36. The monoisotopic (exact) mass is 430 g/mol. The van der Waals surface area contributed by atoms with Gasteiger partial charge in [0.2, 0.25) is 10.0 Å². The van der Waals surface area contributed by atoms with Crippen LogP contribution in [0.1, 0.15) is 53.6 Å². The van der Waals surface area contributed by atoms with Gasteiger partial charge in [0.15, 0.2) is 0 Å². The number of benzene rings is 2. The highest BCUT2D eigenvalue weighted by atomic mass is 32.2. The van der Waals surface area contributed by atoms with Gasteiger partial charge in [-0.2, -0.15) is 4.31 Å². The molecular weight excluding hydrogens is 403 g/mol. The summed E-state index contributed by atoms with van der Waals surface area (Å²) in [7, 11) is -3.56. The second-order valence-corrected chi connectivity index (χ2v) is 10.1. The number of carbonyl (C=O) groups excluding carboxylic acids is 1. The number of hydrogen-bond donors (Lipinski definition) is 0. The molecule has 30 heavy (non-hydrogen) atoms. The van der Waals surface area contributed by atoms with E-state index in [0.29, 0.717) is 30.9 Å². The molecule has 0 bridgehead atoms. The van der Waals surface area contributed by atoms with Gasteiger partial charge in [0, 0.05) is 25.2 Å². The molecule has 2 aromatic carbocycles. The number of amides is 1. The fraction of sp³-hybridized carbons (Fsp3) is 0.435. The van der Waals surface area contributed by atoms with E-state index < -0.39 is 15.8 Å². The topological polar surface area (TPSA) is 57.7 Å². The van der Waals surface area contributed by atoms with Crippen molar-refractivity contribution in [3.8, 4) is 0 Å². The van der Waals surface area contributed by atoms with Gasteiger partial charge in [0.05, 0.1) is 10.6 Å². The smallest absolute Gasteiger partial charge is 0.258 e. The first-order valence-electron chi connectivity index (χ1n) is 10.6. The maximum Gasteiger partial charge on any atom is 0.258 e. The van der Waals surface area contributed by atoms with E-state index in [1.54, 1.807) is 0 Å². The van der Waals surface area contributed by atoms with E-state index in [1.165, 1.54) is 39.5 Å². The lowest BCUT2D eigenvalue weighted by Gasteiger charge is -2.30. The van der Waals surface area contributed by atoms with Crippen molar-refractivity contribution in [2.24, 2.45) is 0 Å². The van der Waals surface area contributed by atoms with Crippen LogP contribution in [-0.2, 0) is 16.4 Å². The quantitative estimate of drug-likeness (QED) is 0.730. The normalized spacial score (nSPS) is 18.0. The van der Waals surface area contributed by atoms with Gasteiger partial charge in [-0.15, -0.1) is 0 Å². The predicted octanol–water partition coefficient (Wildman–Crippen LogP) is 4.29. The fourth-order valence-corrected chi connectivity index (χ4v) is 5.92. The van der Waals surface area contributed by atoms with Crippen LogP contribution in [0.3, 0.4) is 0 Å². The summed E-state index contributed by atoms with van der Waals surface area (Å²) >= 11 is 0. The van der Waals surface area contributed by atoms with Gasteiger partial charge in [0.1, 0.15) is 5.82 Å². The van der Waals surface area contributed by atoms with Gasteiger partial charge in [-0.05, 0) is 74.1 Å². The Morgan fingerprint density at radius 3 is 2.27 bits per heavy atom. The van der Waals surface area contributed by atoms with Gasteiger partial charge in [0.25, 0.3) is 5.91 Å². The summed E-state index contributed by atoms with van der Waals surface area (Å²) in [5.74, 6) is -0.698. The Labute approximate surface area is 177 Å². The molecular formula is C23H27FN2O3S. The van der Waals surface area contributed by atoms with Crippen LogP contribution in [0.5, 0.6) is 0 Å². The Morgan fingerprint density at radius 2 is 1.60 bits per heavy atom. The third kappa shape index (κ3) is 4.01. The second-order valence-electron chi connectivity index (χ2n) is 8.16. The molecule has 5 nitrogen and oxygen atoms in total. The molecule has 1 amide bonds. The molecule has 0 radical (unpaired) electrons. The molecule has 4 rings (SSSR count). The van der Waals surface area contributed by atoms with Crippen molar-refractivity contribution in [2.45, 2.75) is 50.3 Å². The minimum Gasteiger partial charge on any atom is -0.305 e. The van der Waals surface area contributed by atoms with Crippen molar-refractivity contribution >= 4 is 21.6 Å². The minimum absolute atomic E-state index is 0.196. The van der Waals surface area contributed by atoms with E-state index in [-0.39, 0.29) is 10.8 Å². The molecule has 1 fully saturated rings. The van der Waals surface area contributed by atoms with Gasteiger partial charge in [-0.25, -0.2) is 12.8 Å². The molecule has 2 heterocycles. The Balaban J connectivity index is 1.59. The average Bonchev–Trinajstić information content (AvgIpc) is 3.03. The predicted molar refractivity (Wildman–Crippen MR) is 115 cm³/mol. The fourth-order valence-electron chi connectivity index (χ4n) is 4.40. The summed E-state index contributed by atoms with van der Waals surface area (Å²) in [5, 5.41) is 0. The third-order valence-electron chi connectivity index (χ3n) is 5.93. The lowest BCUT2D eigenvalue weighted by molar-refractivity contribution is 0.0984. The van der Waals surface area contributed by atoms with Crippen LogP contribution in [0.2, 0.25) is 0 Å². The largest absolute Gasteiger partial charge is 0.305 e. The van der Waals surface area contributed by atoms with E-state index in [1.807, 2.05) is 13.0 Å². The number of nitrogens with zero attached hydrogens (tertiary/aromatic N) is 2. The molecule has 2 aromatic rings. The van der Waals surface area contributed by atoms with Crippen molar-refractivity contribution < 1.29 is 17.6 Å². The molecule has 0 aliphatic carbocycles. The summed E-state index contributed by atoms with van der Waals surface area (Å²) in [6.07, 6.45) is 5.35. The second kappa shape index (κ2) is 8.47. The highest BCUT2D eigenvalue weighted by Gasteiger charge is 2.28. The van der Waals surface area contributed by atoms with Crippen LogP contribution in [0.25, 0.3) is 0 Å². The molecule has 160 valence electrons. The number of anilines is 1. The number of fused-ring (bicyclic) bond motifs is 1. The first kappa shape index (κ1) is 21.0. The van der Waals surface area contributed by atoms with E-state index in [0.717, 1.165) is 49.7 Å². The van der Waals surface area contributed by atoms with Crippen LogP contribution < -0.4 is 4.90 Å². The average molecular weight is 431 g/mol. The Hall–Kier alpha value is -2.25. The SMILES string of the molecule is Cc1cc(F)c2c(c1)CCCN2C(=O)c1ccc(S(=O)(=O)N2CCCCCC2)cc1. The van der Waals surface area contributed by atoms with E-state index in [9.17, 15) is 17.6 Å². The molecule has 0 spiro atoms. The van der Waals surface area contributed by atoms with Crippen molar-refractivity contribution in [1.82, 2.24) is 4.31 Å². The summed E-state index contributed by atoms with van der Waals surface area (Å²) in [6.45, 7) is 3.35. The molecule has 2 aliphatic heterocycles. The minimum atomic E-state index is -3.56. The van der Waals surface area contributed by atoms with Crippen LogP contribution >= 0.6 is 0 Å². The zero-order chi connectivity index (χ0) is 21.3. The van der Waals surface area contributed by atoms with Gasteiger partial charge < -0.3 is 4.90 Å². The van der Waals surface area contributed by atoms with Gasteiger partial charge >= 0.3 is 0 Å². The highest BCUT2D eigenvalue weighted by molar-refractivity contribution is 7.89. The molecule has 1 saturated heterocycles. The molecule has 0 unspecified atom stereocenters. The maximum absolute atomic E-state index is 14.6. The number of carbonyl (C=O) groups is 1. The molecule has 0 saturated carbocycles. The van der Waals surface area contributed by atoms with Crippen molar-refractivity contribution in [1.29, 1.82) is 0 Å². The number of sulfonamides is 1. The summed E-state index contributed by atoms with van der Waals surface area (Å²) in [5.41, 5.74) is 2.38. The molecule has 2 aliphatic rings. The van der Waals surface area contributed by atoms with Crippen LogP contribution in [0.4, 0.5) is 10.1 Å². The third-order valence-corrected chi connectivity index (χ3v) is 7.85. The molecule has 0 aromatic heterocycles. The maximum atomic E-state index is 14.6. The Morgan fingerprint density at radius 1 is 0.933 bits per heavy atom. The van der Waals surface area contributed by atoms with Crippen LogP contribution in [0.15, 0.2) is 41.3 Å². The first-order chi connectivity index (χ1) is 14.4. The van der Waals surface area contributed by atoms with Gasteiger partial charge in [-0.3, -0.25) is 4.79 Å². The van der Waals surface area contributed by atoms with Gasteiger partial charge in [-0.1, -0.05) is 18.9 Å². The van der Waals surface area contributed by atoms with E-state index in [2.05, 4.69) is 0 Å². The zero-order valence-electron chi connectivity index (χ0n) is 17.2. The number of hydrogen-bond acceptors (Lipinski definition) is 3. The summed E-state index contributed by atoms with van der Waals surface area (Å²) in [6, 6.07) is 9.42. The number of halogens is 1. The summed E-state index contributed by atoms with van der Waals surface area (Å²) < 4.78 is 42.1. The lowest BCUT2D eigenvalue weighted by atomic mass is 9.98. The molecule has 7 heteroatoms. The number of aryl methyl sites for hydroxylation is 2. The number of rotatable bonds is 3. The van der Waals surface area contributed by atoms with E-state index >= 15 is 0 Å². The van der Waals surface area contributed by atoms with Crippen molar-refractivity contribution in [2.75, 3.05) is 24.5 Å². The summed E-state index contributed by atoms with van der Waals surface area (Å²) in [4.78, 5) is 14.8. The molecule has 0 atom stereocenters. The highest BCUT2D eigenvalue weighted by Crippen LogP contribution is 2.32. The first-order valence-corrected chi connectivity index (χ1v) is 12.0. The molecule has 0 N–H and O–H groups in total. The standard InChI is InChI=1S/C23H27FN2O3S/c1-17-15-19-7-6-14-26(22(19)21(24)16-17)23(27)18-8-10-20(11-9-18)30(28,29)25-12-4-2-3-5-13-25/h8-11,15-16H,2-7,12-14H2,1H3. The van der Waals surface area contributed by atoms with Crippen LogP contribution in [0, 0.1) is 12.7 Å². The zero-order valence-corrected chi connectivity index (χ0v) is 18.0. The van der Waals surface area contributed by atoms with Crippen LogP contribution in [-0.4, -0.2) is 38.3 Å². The van der Waals surface area contributed by atoms with Crippen molar-refractivity contribution in [3.63, 3.8) is 0 Å². The van der Waals surface area contributed by atoms with E-state index in [4.69, 9.17) is 0 Å². The Kier molecular flexibility index (Phi) is 5.93.